The molecule has 2 aromatic carbocycles. The van der Waals surface area contributed by atoms with Gasteiger partial charge in [0, 0.05) is 57.9 Å². The lowest BCUT2D eigenvalue weighted by Gasteiger charge is -2.35. The first-order chi connectivity index (χ1) is 19.1. The first-order valence-corrected chi connectivity index (χ1v) is 13.5. The number of nitrogens with one attached hydrogen (secondary N) is 1. The normalized spacial score (nSPS) is 16.8. The second-order valence-electron chi connectivity index (χ2n) is 10.7. The summed E-state index contributed by atoms with van der Waals surface area (Å²) in [5.41, 5.74) is 9.33. The Labute approximate surface area is 233 Å². The monoisotopic (exact) mass is 549 g/mol. The standard InChI is InChI=1S/C28H36FN9O2/c1-18-19(2)26(29)22(30)16-21(18)27(39)31-23-15-20(5-6-25(23)36-11-7-34(3)8-12-36)38-17-24(32-33-38)28(40)37-13-9-35(4)10-14-37/h5-6,15-17H,7-14,30H2,1-4H3,(H,31,39). The van der Waals surface area contributed by atoms with Gasteiger partial charge < -0.3 is 30.7 Å². The van der Waals surface area contributed by atoms with Gasteiger partial charge >= 0.3 is 0 Å². The first kappa shape index (κ1) is 27.5. The second kappa shape index (κ2) is 11.2. The van der Waals surface area contributed by atoms with E-state index in [1.54, 1.807) is 24.9 Å². The topological polar surface area (TPSA) is 116 Å². The maximum Gasteiger partial charge on any atom is 0.276 e. The Morgan fingerprint density at radius 2 is 1.57 bits per heavy atom. The molecule has 0 radical (unpaired) electrons. The van der Waals surface area contributed by atoms with Crippen molar-refractivity contribution in [2.45, 2.75) is 13.8 Å². The van der Waals surface area contributed by atoms with E-state index < -0.39 is 5.82 Å². The molecule has 3 aromatic rings. The fraction of sp³-hybridized carbons (Fsp3) is 0.429. The molecule has 1 aromatic heterocycles. The van der Waals surface area contributed by atoms with Gasteiger partial charge in [-0.1, -0.05) is 5.21 Å². The minimum Gasteiger partial charge on any atom is -0.396 e. The molecule has 0 bridgehead atoms. The highest BCUT2D eigenvalue weighted by Gasteiger charge is 2.24. The quantitative estimate of drug-likeness (QED) is 0.465. The largest absolute Gasteiger partial charge is 0.396 e. The van der Waals surface area contributed by atoms with Gasteiger partial charge in [0.25, 0.3) is 11.8 Å². The van der Waals surface area contributed by atoms with Crippen LogP contribution in [-0.4, -0.2) is 108 Å². The van der Waals surface area contributed by atoms with Crippen LogP contribution in [0.25, 0.3) is 5.69 Å². The maximum absolute atomic E-state index is 14.3. The zero-order valence-corrected chi connectivity index (χ0v) is 23.4. The molecule has 2 aliphatic rings. The highest BCUT2D eigenvalue weighted by atomic mass is 19.1. The number of carbonyl (C=O) groups is 2. The zero-order chi connectivity index (χ0) is 28.6. The minimum absolute atomic E-state index is 0.0681. The number of rotatable bonds is 5. The number of amides is 2. The van der Waals surface area contributed by atoms with Gasteiger partial charge in [0.2, 0.25) is 0 Å². The number of benzene rings is 2. The number of nitrogen functional groups attached to an aromatic ring is 1. The van der Waals surface area contributed by atoms with E-state index in [9.17, 15) is 14.0 Å². The summed E-state index contributed by atoms with van der Waals surface area (Å²) in [4.78, 5) is 34.9. The van der Waals surface area contributed by atoms with Gasteiger partial charge in [-0.25, -0.2) is 9.07 Å². The molecule has 11 nitrogen and oxygen atoms in total. The number of anilines is 3. The van der Waals surface area contributed by atoms with E-state index in [4.69, 9.17) is 5.73 Å². The number of aromatic nitrogens is 3. The maximum atomic E-state index is 14.3. The summed E-state index contributed by atoms with van der Waals surface area (Å²) >= 11 is 0. The smallest absolute Gasteiger partial charge is 0.276 e. The molecule has 0 aliphatic carbocycles. The summed E-state index contributed by atoms with van der Waals surface area (Å²) in [6.45, 7) is 9.62. The van der Waals surface area contributed by atoms with Crippen molar-refractivity contribution in [3.63, 3.8) is 0 Å². The number of hydrogen-bond acceptors (Lipinski definition) is 8. The number of halogens is 1. The van der Waals surface area contributed by atoms with Gasteiger partial charge in [0.15, 0.2) is 5.69 Å². The van der Waals surface area contributed by atoms with E-state index in [1.165, 1.54) is 10.7 Å². The van der Waals surface area contributed by atoms with Crippen molar-refractivity contribution in [2.24, 2.45) is 0 Å². The fourth-order valence-electron chi connectivity index (χ4n) is 5.09. The molecule has 0 unspecified atom stereocenters. The molecule has 12 heteroatoms. The van der Waals surface area contributed by atoms with E-state index in [-0.39, 0.29) is 23.2 Å². The number of nitrogens with zero attached hydrogens (tertiary/aromatic N) is 7. The van der Waals surface area contributed by atoms with Gasteiger partial charge in [-0.2, -0.15) is 0 Å². The lowest BCUT2D eigenvalue weighted by Crippen LogP contribution is -2.47. The highest BCUT2D eigenvalue weighted by molar-refractivity contribution is 6.07. The van der Waals surface area contributed by atoms with Crippen LogP contribution >= 0.6 is 0 Å². The fourth-order valence-corrected chi connectivity index (χ4v) is 5.09. The lowest BCUT2D eigenvalue weighted by atomic mass is 10.0. The second-order valence-corrected chi connectivity index (χ2v) is 10.7. The molecule has 2 saturated heterocycles. The molecular formula is C28H36FN9O2. The summed E-state index contributed by atoms with van der Waals surface area (Å²) < 4.78 is 15.9. The number of piperazine rings is 2. The van der Waals surface area contributed by atoms with Crippen molar-refractivity contribution in [2.75, 3.05) is 82.4 Å². The Balaban J connectivity index is 1.45. The molecule has 3 heterocycles. The summed E-state index contributed by atoms with van der Waals surface area (Å²) in [5, 5.41) is 11.4. The number of carbonyl (C=O) groups excluding carboxylic acids is 2. The Kier molecular flexibility index (Phi) is 7.72. The van der Waals surface area contributed by atoms with Crippen molar-refractivity contribution in [1.29, 1.82) is 0 Å². The third-order valence-corrected chi connectivity index (χ3v) is 7.93. The predicted octanol–water partition coefficient (Wildman–Crippen LogP) is 2.00. The van der Waals surface area contributed by atoms with Crippen molar-refractivity contribution >= 4 is 28.9 Å². The minimum atomic E-state index is -0.512. The van der Waals surface area contributed by atoms with Crippen molar-refractivity contribution < 1.29 is 14.0 Å². The molecule has 3 N–H and O–H groups in total. The highest BCUT2D eigenvalue weighted by Crippen LogP contribution is 2.31. The summed E-state index contributed by atoms with van der Waals surface area (Å²) in [6, 6.07) is 7.03. The van der Waals surface area contributed by atoms with Gasteiger partial charge in [-0.05, 0) is 63.3 Å². The number of likely N-dealkylation sites (N-methyl/N-ethyl adjacent to an activating group) is 2. The van der Waals surface area contributed by atoms with Gasteiger partial charge in [-0.15, -0.1) is 5.10 Å². The van der Waals surface area contributed by atoms with Gasteiger partial charge in [0.1, 0.15) is 5.82 Å². The Morgan fingerprint density at radius 1 is 0.925 bits per heavy atom. The zero-order valence-electron chi connectivity index (χ0n) is 23.4. The van der Waals surface area contributed by atoms with Crippen LogP contribution in [0.5, 0.6) is 0 Å². The summed E-state index contributed by atoms with van der Waals surface area (Å²) in [7, 11) is 4.12. The van der Waals surface area contributed by atoms with Crippen molar-refractivity contribution in [1.82, 2.24) is 29.7 Å². The van der Waals surface area contributed by atoms with Crippen LogP contribution in [0.3, 0.4) is 0 Å². The number of nitrogens with two attached hydrogens (primary N) is 1. The molecule has 2 aliphatic heterocycles. The van der Waals surface area contributed by atoms with Crippen LogP contribution in [0.4, 0.5) is 21.5 Å². The predicted molar refractivity (Wildman–Crippen MR) is 153 cm³/mol. The van der Waals surface area contributed by atoms with Crippen LogP contribution < -0.4 is 16.0 Å². The molecule has 212 valence electrons. The lowest BCUT2D eigenvalue weighted by molar-refractivity contribution is 0.0658. The van der Waals surface area contributed by atoms with Crippen LogP contribution in [0.1, 0.15) is 32.0 Å². The van der Waals surface area contributed by atoms with Crippen LogP contribution in [-0.2, 0) is 0 Å². The van der Waals surface area contributed by atoms with E-state index in [2.05, 4.69) is 37.4 Å². The number of hydrogen-bond donors (Lipinski definition) is 2. The average Bonchev–Trinajstić information content (AvgIpc) is 3.45. The molecule has 0 saturated carbocycles. The first-order valence-electron chi connectivity index (χ1n) is 13.5. The van der Waals surface area contributed by atoms with Crippen LogP contribution in [0.2, 0.25) is 0 Å². The van der Waals surface area contributed by atoms with Gasteiger partial charge in [0.05, 0.1) is 28.9 Å². The SMILES string of the molecule is Cc1c(C(=O)Nc2cc(-n3cc(C(=O)N4CCN(C)CC4)nn3)ccc2N2CCN(C)CC2)cc(N)c(F)c1C. The molecular weight excluding hydrogens is 513 g/mol. The van der Waals surface area contributed by atoms with Crippen LogP contribution in [0, 0.1) is 19.7 Å². The average molecular weight is 550 g/mol. The summed E-state index contributed by atoms with van der Waals surface area (Å²) in [6.07, 6.45) is 1.62. The molecule has 2 fully saturated rings. The summed E-state index contributed by atoms with van der Waals surface area (Å²) in [5.74, 6) is -1.05. The molecule has 5 rings (SSSR count). The van der Waals surface area contributed by atoms with E-state index in [1.807, 2.05) is 25.2 Å². The van der Waals surface area contributed by atoms with E-state index >= 15 is 0 Å². The Morgan fingerprint density at radius 3 is 2.25 bits per heavy atom. The van der Waals surface area contributed by atoms with E-state index in [0.29, 0.717) is 41.2 Å². The van der Waals surface area contributed by atoms with Crippen LogP contribution in [0.15, 0.2) is 30.5 Å². The third-order valence-electron chi connectivity index (χ3n) is 7.93. The Hall–Kier alpha value is -4.03. The van der Waals surface area contributed by atoms with Crippen molar-refractivity contribution in [3.8, 4) is 5.69 Å². The third kappa shape index (κ3) is 5.50. The van der Waals surface area contributed by atoms with E-state index in [0.717, 1.165) is 45.0 Å². The molecule has 40 heavy (non-hydrogen) atoms. The Bertz CT molecular complexity index is 1420. The van der Waals surface area contributed by atoms with Crippen molar-refractivity contribution in [3.05, 3.63) is 58.7 Å². The molecule has 0 spiro atoms. The van der Waals surface area contributed by atoms with Gasteiger partial charge in [-0.3, -0.25) is 9.59 Å². The molecule has 0 atom stereocenters. The molecule has 2 amide bonds.